The van der Waals surface area contributed by atoms with Crippen LogP contribution in [0.2, 0.25) is 0 Å². The summed E-state index contributed by atoms with van der Waals surface area (Å²) in [5.74, 6) is 0.491. The molecule has 0 radical (unpaired) electrons. The maximum absolute atomic E-state index is 12.4. The summed E-state index contributed by atoms with van der Waals surface area (Å²) < 4.78 is 34.9. The summed E-state index contributed by atoms with van der Waals surface area (Å²) in [6, 6.07) is 5.24. The molecule has 2 saturated heterocycles. The van der Waals surface area contributed by atoms with Crippen molar-refractivity contribution in [3.05, 3.63) is 23.8 Å². The van der Waals surface area contributed by atoms with Gasteiger partial charge in [-0.05, 0) is 56.0 Å². The Morgan fingerprint density at radius 1 is 1.30 bits per heavy atom. The SMILES string of the molecule is CCOc1cc(CN2CCC3(CCNC3)C2)ccc1OC(F)F. The minimum Gasteiger partial charge on any atom is -0.490 e. The summed E-state index contributed by atoms with van der Waals surface area (Å²) in [6.07, 6.45) is 2.47. The molecule has 2 heterocycles. The molecule has 1 aromatic rings. The van der Waals surface area contributed by atoms with Crippen LogP contribution in [0.3, 0.4) is 0 Å². The first kappa shape index (κ1) is 16.5. The Hall–Kier alpha value is -1.40. The van der Waals surface area contributed by atoms with Crippen LogP contribution in [-0.4, -0.2) is 44.3 Å². The van der Waals surface area contributed by atoms with E-state index in [0.717, 1.165) is 38.3 Å². The minimum atomic E-state index is -2.84. The number of ether oxygens (including phenoxy) is 2. The molecule has 3 rings (SSSR count). The number of hydrogen-bond donors (Lipinski definition) is 1. The molecule has 4 nitrogen and oxygen atoms in total. The average molecular weight is 326 g/mol. The first-order valence-corrected chi connectivity index (χ1v) is 8.24. The van der Waals surface area contributed by atoms with Gasteiger partial charge in [-0.15, -0.1) is 0 Å². The molecule has 2 aliphatic heterocycles. The van der Waals surface area contributed by atoms with E-state index in [1.54, 1.807) is 6.07 Å². The number of hydrogen-bond acceptors (Lipinski definition) is 4. The lowest BCUT2D eigenvalue weighted by Gasteiger charge is -2.23. The van der Waals surface area contributed by atoms with Gasteiger partial charge in [-0.25, -0.2) is 0 Å². The molecule has 0 saturated carbocycles. The molecule has 0 aliphatic carbocycles. The van der Waals surface area contributed by atoms with Gasteiger partial charge < -0.3 is 14.8 Å². The van der Waals surface area contributed by atoms with Gasteiger partial charge >= 0.3 is 6.61 Å². The molecule has 2 aliphatic rings. The molecular weight excluding hydrogens is 302 g/mol. The second kappa shape index (κ2) is 7.01. The standard InChI is InChI=1S/C17H24F2N2O2/c1-2-22-15-9-13(3-4-14(15)23-16(18)19)10-21-8-6-17(12-21)5-7-20-11-17/h3-4,9,16,20H,2,5-8,10-12H2,1H3. The zero-order chi connectivity index (χ0) is 16.3. The maximum atomic E-state index is 12.4. The molecule has 0 aromatic heterocycles. The van der Waals surface area contributed by atoms with Crippen molar-refractivity contribution in [3.63, 3.8) is 0 Å². The van der Waals surface area contributed by atoms with Crippen molar-refractivity contribution in [2.45, 2.75) is 32.9 Å². The van der Waals surface area contributed by atoms with E-state index < -0.39 is 6.61 Å². The lowest BCUT2D eigenvalue weighted by molar-refractivity contribution is -0.0514. The third-order valence-electron chi connectivity index (χ3n) is 4.78. The van der Waals surface area contributed by atoms with Gasteiger partial charge in [0.2, 0.25) is 0 Å². The Morgan fingerprint density at radius 3 is 2.87 bits per heavy atom. The Bertz CT molecular complexity index is 533. The van der Waals surface area contributed by atoms with E-state index in [2.05, 4.69) is 15.0 Å². The third kappa shape index (κ3) is 3.93. The second-order valence-corrected chi connectivity index (χ2v) is 6.48. The van der Waals surface area contributed by atoms with E-state index in [9.17, 15) is 8.78 Å². The summed E-state index contributed by atoms with van der Waals surface area (Å²) >= 11 is 0. The molecule has 128 valence electrons. The van der Waals surface area contributed by atoms with E-state index in [1.807, 2.05) is 19.1 Å². The van der Waals surface area contributed by atoms with Crippen LogP contribution in [0.25, 0.3) is 0 Å². The number of rotatable bonds is 6. The van der Waals surface area contributed by atoms with Crippen LogP contribution in [0, 0.1) is 5.41 Å². The average Bonchev–Trinajstić information content (AvgIpc) is 3.12. The summed E-state index contributed by atoms with van der Waals surface area (Å²) in [7, 11) is 0. The zero-order valence-corrected chi connectivity index (χ0v) is 13.5. The van der Waals surface area contributed by atoms with Crippen molar-refractivity contribution in [2.24, 2.45) is 5.41 Å². The molecule has 1 atom stereocenters. The number of nitrogens with one attached hydrogen (secondary N) is 1. The Balaban J connectivity index is 1.67. The molecule has 23 heavy (non-hydrogen) atoms. The number of halogens is 2. The van der Waals surface area contributed by atoms with Gasteiger partial charge in [-0.1, -0.05) is 6.07 Å². The van der Waals surface area contributed by atoms with E-state index in [4.69, 9.17) is 4.74 Å². The molecule has 0 amide bonds. The van der Waals surface area contributed by atoms with Crippen molar-refractivity contribution >= 4 is 0 Å². The van der Waals surface area contributed by atoms with E-state index in [1.165, 1.54) is 12.8 Å². The van der Waals surface area contributed by atoms with Gasteiger partial charge in [-0.3, -0.25) is 4.90 Å². The lowest BCUT2D eigenvalue weighted by atomic mass is 9.86. The number of benzene rings is 1. The molecule has 6 heteroatoms. The third-order valence-corrected chi connectivity index (χ3v) is 4.78. The van der Waals surface area contributed by atoms with E-state index in [0.29, 0.717) is 17.8 Å². The molecule has 1 aromatic carbocycles. The normalized spacial score (nSPS) is 24.7. The van der Waals surface area contributed by atoms with Crippen LogP contribution in [0.15, 0.2) is 18.2 Å². The van der Waals surface area contributed by atoms with Crippen molar-refractivity contribution in [1.82, 2.24) is 10.2 Å². The molecule has 1 spiro atoms. The van der Waals surface area contributed by atoms with Crippen molar-refractivity contribution in [1.29, 1.82) is 0 Å². The van der Waals surface area contributed by atoms with Gasteiger partial charge in [0, 0.05) is 19.6 Å². The topological polar surface area (TPSA) is 33.7 Å². The van der Waals surface area contributed by atoms with Gasteiger partial charge in [0.25, 0.3) is 0 Å². The monoisotopic (exact) mass is 326 g/mol. The van der Waals surface area contributed by atoms with Crippen molar-refractivity contribution in [2.75, 3.05) is 32.8 Å². The van der Waals surface area contributed by atoms with E-state index in [-0.39, 0.29) is 5.75 Å². The maximum Gasteiger partial charge on any atom is 0.387 e. The highest BCUT2D eigenvalue weighted by Crippen LogP contribution is 2.37. The Morgan fingerprint density at radius 2 is 2.17 bits per heavy atom. The first-order valence-electron chi connectivity index (χ1n) is 8.24. The largest absolute Gasteiger partial charge is 0.490 e. The summed E-state index contributed by atoms with van der Waals surface area (Å²) in [6.45, 7) is 4.62. The quantitative estimate of drug-likeness (QED) is 0.872. The molecule has 1 N–H and O–H groups in total. The van der Waals surface area contributed by atoms with Gasteiger partial charge in [0.1, 0.15) is 0 Å². The fraction of sp³-hybridized carbons (Fsp3) is 0.647. The number of nitrogens with zero attached hydrogens (tertiary/aromatic N) is 1. The zero-order valence-electron chi connectivity index (χ0n) is 13.5. The predicted molar refractivity (Wildman–Crippen MR) is 84.1 cm³/mol. The Labute approximate surface area is 135 Å². The van der Waals surface area contributed by atoms with Gasteiger partial charge in [0.15, 0.2) is 11.5 Å². The van der Waals surface area contributed by atoms with Crippen LogP contribution >= 0.6 is 0 Å². The van der Waals surface area contributed by atoms with Crippen LogP contribution in [0.1, 0.15) is 25.3 Å². The van der Waals surface area contributed by atoms with E-state index >= 15 is 0 Å². The van der Waals surface area contributed by atoms with Gasteiger partial charge in [-0.2, -0.15) is 8.78 Å². The fourth-order valence-corrected chi connectivity index (χ4v) is 3.68. The Kier molecular flexibility index (Phi) is 5.02. The summed E-state index contributed by atoms with van der Waals surface area (Å²) in [4.78, 5) is 2.44. The summed E-state index contributed by atoms with van der Waals surface area (Å²) in [5.41, 5.74) is 1.50. The highest BCUT2D eigenvalue weighted by atomic mass is 19.3. The second-order valence-electron chi connectivity index (χ2n) is 6.48. The highest BCUT2D eigenvalue weighted by molar-refractivity contribution is 5.43. The summed E-state index contributed by atoms with van der Waals surface area (Å²) in [5, 5.41) is 3.46. The molecule has 0 bridgehead atoms. The van der Waals surface area contributed by atoms with Gasteiger partial charge in [0.05, 0.1) is 6.61 Å². The molecule has 2 fully saturated rings. The predicted octanol–water partition coefficient (Wildman–Crippen LogP) is 2.87. The lowest BCUT2D eigenvalue weighted by Crippen LogP contribution is -2.28. The van der Waals surface area contributed by atoms with Crippen LogP contribution in [0.5, 0.6) is 11.5 Å². The van der Waals surface area contributed by atoms with Crippen molar-refractivity contribution in [3.8, 4) is 11.5 Å². The first-order chi connectivity index (χ1) is 11.1. The van der Waals surface area contributed by atoms with Crippen LogP contribution in [0.4, 0.5) is 8.78 Å². The minimum absolute atomic E-state index is 0.100. The van der Waals surface area contributed by atoms with Crippen LogP contribution < -0.4 is 14.8 Å². The molecule has 1 unspecified atom stereocenters. The number of likely N-dealkylation sites (tertiary alicyclic amines) is 1. The number of alkyl halides is 2. The highest BCUT2D eigenvalue weighted by Gasteiger charge is 2.40. The smallest absolute Gasteiger partial charge is 0.387 e. The molecular formula is C17H24F2N2O2. The van der Waals surface area contributed by atoms with Crippen LogP contribution in [-0.2, 0) is 6.54 Å². The fourth-order valence-electron chi connectivity index (χ4n) is 3.68. The van der Waals surface area contributed by atoms with Crippen molar-refractivity contribution < 1.29 is 18.3 Å².